The number of aliphatic hydroxyl groups excluding tert-OH is 1. The van der Waals surface area contributed by atoms with E-state index in [2.05, 4.69) is 4.98 Å². The number of furan rings is 1. The van der Waals surface area contributed by atoms with Gasteiger partial charge in [-0.3, -0.25) is 14.6 Å². The average molecular weight is 486 g/mol. The van der Waals surface area contributed by atoms with Gasteiger partial charge in [0, 0.05) is 24.3 Å². The molecule has 0 saturated carbocycles. The molecular weight excluding hydrogens is 464 g/mol. The van der Waals surface area contributed by atoms with E-state index in [-0.39, 0.29) is 29.4 Å². The summed E-state index contributed by atoms with van der Waals surface area (Å²) in [6, 6.07) is 13.8. The summed E-state index contributed by atoms with van der Waals surface area (Å²) in [6.45, 7) is 0.0787. The van der Waals surface area contributed by atoms with E-state index in [4.69, 9.17) is 13.9 Å². The van der Waals surface area contributed by atoms with Crippen molar-refractivity contribution in [2.75, 3.05) is 14.2 Å². The fourth-order valence-corrected chi connectivity index (χ4v) is 4.39. The Balaban J connectivity index is 1.63. The molecule has 36 heavy (non-hydrogen) atoms. The van der Waals surface area contributed by atoms with E-state index in [1.165, 1.54) is 31.3 Å². The molecule has 2 aromatic heterocycles. The van der Waals surface area contributed by atoms with Crippen LogP contribution in [0.5, 0.6) is 17.2 Å². The van der Waals surface area contributed by atoms with Gasteiger partial charge in [-0.15, -0.1) is 0 Å². The van der Waals surface area contributed by atoms with Crippen LogP contribution in [0, 0.1) is 0 Å². The third kappa shape index (κ3) is 3.80. The Labute approximate surface area is 205 Å². The van der Waals surface area contributed by atoms with Gasteiger partial charge in [-0.05, 0) is 41.5 Å². The molecule has 182 valence electrons. The number of aliphatic hydroxyl groups is 1. The first-order chi connectivity index (χ1) is 17.4. The summed E-state index contributed by atoms with van der Waals surface area (Å²) in [5, 5.41) is 21.7. The molecule has 0 aliphatic carbocycles. The zero-order valence-corrected chi connectivity index (χ0v) is 19.5. The molecule has 2 N–H and O–H groups in total. The van der Waals surface area contributed by atoms with Gasteiger partial charge >= 0.3 is 0 Å². The normalized spacial score (nSPS) is 15.6. The second-order valence-electron chi connectivity index (χ2n) is 8.21. The first-order valence-corrected chi connectivity index (χ1v) is 11.0. The summed E-state index contributed by atoms with van der Waals surface area (Å²) in [5.41, 5.74) is 1.40. The van der Waals surface area contributed by atoms with Crippen molar-refractivity contribution >= 4 is 22.7 Å². The Hall–Kier alpha value is -4.79. The number of benzene rings is 2. The van der Waals surface area contributed by atoms with Gasteiger partial charge in [0.15, 0.2) is 34.4 Å². The maximum absolute atomic E-state index is 13.8. The van der Waals surface area contributed by atoms with Crippen LogP contribution in [0.1, 0.15) is 27.7 Å². The van der Waals surface area contributed by atoms with Crippen molar-refractivity contribution in [3.63, 3.8) is 0 Å². The molecule has 1 aliphatic rings. The SMILES string of the molecule is COc1cc(C2C(C(=O)c3cc4cccc(OC)c4o3)=C(O)C(=O)N2Cc2cccnc2)ccc1O. The monoisotopic (exact) mass is 486 g/mol. The van der Waals surface area contributed by atoms with Gasteiger partial charge in [-0.1, -0.05) is 24.3 Å². The van der Waals surface area contributed by atoms with E-state index in [9.17, 15) is 19.8 Å². The zero-order valence-electron chi connectivity index (χ0n) is 19.5. The lowest BCUT2D eigenvalue weighted by Gasteiger charge is -2.27. The average Bonchev–Trinajstić information content (AvgIpc) is 3.44. The smallest absolute Gasteiger partial charge is 0.290 e. The number of phenols is 1. The number of fused-ring (bicyclic) bond motifs is 1. The van der Waals surface area contributed by atoms with Crippen molar-refractivity contribution in [1.29, 1.82) is 0 Å². The molecule has 1 amide bonds. The topological polar surface area (TPSA) is 122 Å². The zero-order chi connectivity index (χ0) is 25.4. The molecule has 0 bridgehead atoms. The summed E-state index contributed by atoms with van der Waals surface area (Å²) in [5.74, 6) is -1.58. The van der Waals surface area contributed by atoms with Crippen LogP contribution in [-0.2, 0) is 11.3 Å². The number of carbonyl (C=O) groups is 2. The minimum absolute atomic E-state index is 0.0529. The minimum Gasteiger partial charge on any atom is -0.504 e. The lowest BCUT2D eigenvalue weighted by molar-refractivity contribution is -0.130. The van der Waals surface area contributed by atoms with Gasteiger partial charge in [0.25, 0.3) is 5.91 Å². The number of para-hydroxylation sites is 1. The number of phenolic OH excluding ortho intramolecular Hbond substituents is 1. The van der Waals surface area contributed by atoms with E-state index in [0.29, 0.717) is 27.8 Å². The first kappa shape index (κ1) is 23.0. The highest BCUT2D eigenvalue weighted by Gasteiger charge is 2.45. The number of ether oxygens (including phenoxy) is 2. The number of ketones is 1. The molecule has 0 saturated heterocycles. The Morgan fingerprint density at radius 3 is 2.58 bits per heavy atom. The van der Waals surface area contributed by atoms with Crippen molar-refractivity contribution < 1.29 is 33.7 Å². The summed E-state index contributed by atoms with van der Waals surface area (Å²) in [4.78, 5) is 32.5. The summed E-state index contributed by atoms with van der Waals surface area (Å²) < 4.78 is 16.4. The van der Waals surface area contributed by atoms with Gasteiger partial charge in [-0.25, -0.2) is 0 Å². The Morgan fingerprint density at radius 1 is 1.06 bits per heavy atom. The maximum atomic E-state index is 13.8. The van der Waals surface area contributed by atoms with Crippen LogP contribution in [0.4, 0.5) is 0 Å². The molecule has 0 fully saturated rings. The standard InChI is InChI=1S/C27H22N2O7/c1-34-19-7-3-6-17-12-21(36-26(17)19)24(31)22-23(16-8-9-18(30)20(11-16)35-2)29(27(33)25(22)32)14-15-5-4-10-28-13-15/h3-13,23,30,32H,14H2,1-2H3. The Kier molecular flexibility index (Phi) is 5.81. The van der Waals surface area contributed by atoms with Gasteiger partial charge in [-0.2, -0.15) is 0 Å². The minimum atomic E-state index is -0.977. The molecule has 1 aliphatic heterocycles. The van der Waals surface area contributed by atoms with Crippen molar-refractivity contribution in [2.24, 2.45) is 0 Å². The van der Waals surface area contributed by atoms with Crippen molar-refractivity contribution in [3.8, 4) is 17.2 Å². The predicted molar refractivity (Wildman–Crippen MR) is 129 cm³/mol. The van der Waals surface area contributed by atoms with Crippen LogP contribution >= 0.6 is 0 Å². The molecule has 9 heteroatoms. The van der Waals surface area contributed by atoms with Crippen LogP contribution in [-0.4, -0.2) is 46.0 Å². The van der Waals surface area contributed by atoms with Gasteiger partial charge in [0.05, 0.1) is 25.8 Å². The largest absolute Gasteiger partial charge is 0.504 e. The second-order valence-corrected chi connectivity index (χ2v) is 8.21. The van der Waals surface area contributed by atoms with Crippen molar-refractivity contribution in [3.05, 3.63) is 95.2 Å². The lowest BCUT2D eigenvalue weighted by atomic mass is 9.94. The third-order valence-electron chi connectivity index (χ3n) is 6.10. The summed E-state index contributed by atoms with van der Waals surface area (Å²) in [6.07, 6.45) is 3.21. The number of aromatic hydroxyl groups is 1. The highest BCUT2D eigenvalue weighted by atomic mass is 16.5. The molecule has 9 nitrogen and oxygen atoms in total. The first-order valence-electron chi connectivity index (χ1n) is 11.0. The van der Waals surface area contributed by atoms with E-state index in [0.717, 1.165) is 0 Å². The van der Waals surface area contributed by atoms with E-state index in [1.54, 1.807) is 54.9 Å². The number of carbonyl (C=O) groups excluding carboxylic acids is 2. The molecule has 0 spiro atoms. The van der Waals surface area contributed by atoms with Crippen molar-refractivity contribution in [2.45, 2.75) is 12.6 Å². The lowest BCUT2D eigenvalue weighted by Crippen LogP contribution is -2.30. The molecule has 3 heterocycles. The van der Waals surface area contributed by atoms with Crippen LogP contribution in [0.2, 0.25) is 0 Å². The third-order valence-corrected chi connectivity index (χ3v) is 6.10. The number of pyridine rings is 1. The predicted octanol–water partition coefficient (Wildman–Crippen LogP) is 4.33. The fourth-order valence-electron chi connectivity index (χ4n) is 4.39. The van der Waals surface area contributed by atoms with Crippen LogP contribution in [0.25, 0.3) is 11.0 Å². The number of amides is 1. The number of aromatic nitrogens is 1. The number of hydrogen-bond donors (Lipinski definition) is 2. The highest BCUT2D eigenvalue weighted by Crippen LogP contribution is 2.43. The maximum Gasteiger partial charge on any atom is 0.290 e. The quantitative estimate of drug-likeness (QED) is 0.370. The van der Waals surface area contributed by atoms with Gasteiger partial charge < -0.3 is 29.0 Å². The number of Topliss-reactive ketones (excluding diaryl/α,β-unsaturated/α-hetero) is 1. The second kappa shape index (κ2) is 9.10. The number of hydrogen-bond acceptors (Lipinski definition) is 8. The molecule has 4 aromatic rings. The molecule has 5 rings (SSSR count). The highest BCUT2D eigenvalue weighted by molar-refractivity contribution is 6.16. The number of methoxy groups -OCH3 is 2. The Morgan fingerprint density at radius 2 is 1.86 bits per heavy atom. The summed E-state index contributed by atoms with van der Waals surface area (Å²) in [7, 11) is 2.89. The van der Waals surface area contributed by atoms with Crippen molar-refractivity contribution in [1.82, 2.24) is 9.88 Å². The fraction of sp³-hybridized carbons (Fsp3) is 0.148. The van der Waals surface area contributed by atoms with E-state index in [1.807, 2.05) is 0 Å². The van der Waals surface area contributed by atoms with Crippen LogP contribution < -0.4 is 9.47 Å². The number of nitrogens with zero attached hydrogens (tertiary/aromatic N) is 2. The van der Waals surface area contributed by atoms with E-state index < -0.39 is 23.5 Å². The number of rotatable bonds is 7. The molecule has 1 unspecified atom stereocenters. The molecule has 0 radical (unpaired) electrons. The van der Waals surface area contributed by atoms with E-state index >= 15 is 0 Å². The Bertz CT molecular complexity index is 1510. The molecule has 1 atom stereocenters. The molecular formula is C27H22N2O7. The van der Waals surface area contributed by atoms with Crippen LogP contribution in [0.15, 0.2) is 82.7 Å². The van der Waals surface area contributed by atoms with Gasteiger partial charge in [0.2, 0.25) is 5.78 Å². The van der Waals surface area contributed by atoms with Gasteiger partial charge in [0.1, 0.15) is 0 Å². The summed E-state index contributed by atoms with van der Waals surface area (Å²) >= 11 is 0. The van der Waals surface area contributed by atoms with Crippen LogP contribution in [0.3, 0.4) is 0 Å². The molecule has 2 aromatic carbocycles.